The summed E-state index contributed by atoms with van der Waals surface area (Å²) in [6.07, 6.45) is 6.63. The lowest BCUT2D eigenvalue weighted by Crippen LogP contribution is -2.17. The van der Waals surface area contributed by atoms with E-state index in [1.807, 2.05) is 48.7 Å². The van der Waals surface area contributed by atoms with Gasteiger partial charge in [-0.05, 0) is 68.8 Å². The number of nitrogens with one attached hydrogen (secondary N) is 1. The molecule has 1 aromatic carbocycles. The smallest absolute Gasteiger partial charge is 0.271 e. The standard InChI is InChI=1S/C27H24N6O2/c1-4-32-18(3)30-22-15-20(8-9-24(22)32)27(35)31-29-16-21-17(2)25(33-14-6-5-7-23(21)33)26(34)19-10-12-28-13-11-19/h5-16H,4H2,1-3H3,(H,31,35). The summed E-state index contributed by atoms with van der Waals surface area (Å²) in [5.74, 6) is 0.470. The summed E-state index contributed by atoms with van der Waals surface area (Å²) >= 11 is 0. The third-order valence-electron chi connectivity index (χ3n) is 6.17. The van der Waals surface area contributed by atoms with Crippen LogP contribution < -0.4 is 5.43 Å². The van der Waals surface area contributed by atoms with Crippen LogP contribution in [0.3, 0.4) is 0 Å². The fourth-order valence-electron chi connectivity index (χ4n) is 4.45. The number of nitrogens with zero attached hydrogens (tertiary/aromatic N) is 5. The number of hydrogen-bond acceptors (Lipinski definition) is 5. The quantitative estimate of drug-likeness (QED) is 0.230. The molecule has 35 heavy (non-hydrogen) atoms. The molecule has 8 nitrogen and oxygen atoms in total. The number of benzene rings is 1. The zero-order valence-corrected chi connectivity index (χ0v) is 19.7. The summed E-state index contributed by atoms with van der Waals surface area (Å²) in [7, 11) is 0. The van der Waals surface area contributed by atoms with Crippen molar-refractivity contribution in [3.8, 4) is 0 Å². The fourth-order valence-corrected chi connectivity index (χ4v) is 4.45. The number of pyridine rings is 2. The first kappa shape index (κ1) is 22.2. The molecule has 8 heteroatoms. The molecular formula is C27H24N6O2. The van der Waals surface area contributed by atoms with Crippen LogP contribution in [0.1, 0.15) is 50.3 Å². The number of amides is 1. The molecule has 174 valence electrons. The highest BCUT2D eigenvalue weighted by Crippen LogP contribution is 2.24. The van der Waals surface area contributed by atoms with Gasteiger partial charge in [0, 0.05) is 41.8 Å². The summed E-state index contributed by atoms with van der Waals surface area (Å²) in [6, 6.07) is 14.5. The first-order valence-corrected chi connectivity index (χ1v) is 11.3. The second-order valence-corrected chi connectivity index (χ2v) is 8.21. The van der Waals surface area contributed by atoms with E-state index < -0.39 is 0 Å². The van der Waals surface area contributed by atoms with Crippen LogP contribution in [0.15, 0.2) is 72.2 Å². The lowest BCUT2D eigenvalue weighted by Gasteiger charge is -2.03. The molecule has 0 radical (unpaired) electrons. The van der Waals surface area contributed by atoms with Crippen LogP contribution in [0.5, 0.6) is 0 Å². The van der Waals surface area contributed by atoms with Gasteiger partial charge in [-0.2, -0.15) is 5.10 Å². The summed E-state index contributed by atoms with van der Waals surface area (Å²) in [4.78, 5) is 34.6. The number of aryl methyl sites for hydroxylation is 2. The molecule has 0 aliphatic heterocycles. The van der Waals surface area contributed by atoms with Crippen LogP contribution in [0, 0.1) is 13.8 Å². The number of rotatable bonds is 6. The van der Waals surface area contributed by atoms with E-state index in [1.54, 1.807) is 42.9 Å². The predicted octanol–water partition coefficient (Wildman–Crippen LogP) is 4.32. The van der Waals surface area contributed by atoms with Gasteiger partial charge in [0.05, 0.1) is 28.5 Å². The first-order chi connectivity index (χ1) is 17.0. The molecule has 0 fully saturated rings. The highest BCUT2D eigenvalue weighted by molar-refractivity contribution is 6.12. The second kappa shape index (κ2) is 8.98. The topological polar surface area (TPSA) is 93.6 Å². The van der Waals surface area contributed by atoms with Gasteiger partial charge in [-0.3, -0.25) is 14.6 Å². The van der Waals surface area contributed by atoms with Crippen molar-refractivity contribution in [3.63, 3.8) is 0 Å². The van der Waals surface area contributed by atoms with E-state index >= 15 is 0 Å². The Kier molecular flexibility index (Phi) is 5.70. The number of hydrazone groups is 1. The maximum absolute atomic E-state index is 13.2. The van der Waals surface area contributed by atoms with Gasteiger partial charge in [0.1, 0.15) is 5.82 Å². The maximum Gasteiger partial charge on any atom is 0.271 e. The zero-order chi connectivity index (χ0) is 24.5. The normalized spacial score (nSPS) is 11.5. The summed E-state index contributed by atoms with van der Waals surface area (Å²) in [5.41, 5.74) is 8.30. The Balaban J connectivity index is 1.44. The molecule has 4 aromatic heterocycles. The Morgan fingerprint density at radius 1 is 1.03 bits per heavy atom. The fraction of sp³-hybridized carbons (Fsp3) is 0.148. The Bertz CT molecular complexity index is 1610. The van der Waals surface area contributed by atoms with Crippen molar-refractivity contribution < 1.29 is 9.59 Å². The molecule has 0 aliphatic rings. The molecule has 0 spiro atoms. The molecule has 0 aliphatic carbocycles. The SMILES string of the molecule is CCn1c(C)nc2cc(C(=O)NN=Cc3c(C)c(C(=O)c4ccncc4)n4ccccc34)ccc21. The summed E-state index contributed by atoms with van der Waals surface area (Å²) < 4.78 is 3.95. The molecule has 1 N–H and O–H groups in total. The highest BCUT2D eigenvalue weighted by atomic mass is 16.2. The highest BCUT2D eigenvalue weighted by Gasteiger charge is 2.21. The molecule has 0 unspecified atom stereocenters. The third kappa shape index (κ3) is 3.89. The van der Waals surface area contributed by atoms with E-state index in [4.69, 9.17) is 0 Å². The van der Waals surface area contributed by atoms with Gasteiger partial charge < -0.3 is 8.97 Å². The minimum absolute atomic E-state index is 0.107. The van der Waals surface area contributed by atoms with Crippen molar-refractivity contribution in [3.05, 3.63) is 101 Å². The summed E-state index contributed by atoms with van der Waals surface area (Å²) in [6.45, 7) is 6.71. The largest absolute Gasteiger partial charge is 0.329 e. The van der Waals surface area contributed by atoms with Gasteiger partial charge in [-0.15, -0.1) is 0 Å². The number of carbonyl (C=O) groups is 2. The van der Waals surface area contributed by atoms with Crippen molar-refractivity contribution in [2.24, 2.45) is 5.10 Å². The minimum atomic E-state index is -0.332. The monoisotopic (exact) mass is 464 g/mol. The van der Waals surface area contributed by atoms with Crippen LogP contribution in [-0.2, 0) is 6.54 Å². The average molecular weight is 465 g/mol. The van der Waals surface area contributed by atoms with Gasteiger partial charge in [0.15, 0.2) is 0 Å². The number of aromatic nitrogens is 4. The van der Waals surface area contributed by atoms with Gasteiger partial charge in [0.2, 0.25) is 5.78 Å². The Morgan fingerprint density at radius 2 is 1.83 bits per heavy atom. The van der Waals surface area contributed by atoms with Gasteiger partial charge in [-0.1, -0.05) is 6.07 Å². The van der Waals surface area contributed by atoms with E-state index in [9.17, 15) is 9.59 Å². The van der Waals surface area contributed by atoms with Crippen LogP contribution in [-0.4, -0.2) is 36.8 Å². The van der Waals surface area contributed by atoms with Crippen LogP contribution in [0.25, 0.3) is 16.6 Å². The molecule has 4 heterocycles. The molecule has 1 amide bonds. The molecule has 0 saturated carbocycles. The molecule has 5 rings (SSSR count). The van der Waals surface area contributed by atoms with Gasteiger partial charge in [0.25, 0.3) is 5.91 Å². The Morgan fingerprint density at radius 3 is 2.60 bits per heavy atom. The number of fused-ring (bicyclic) bond motifs is 2. The van der Waals surface area contributed by atoms with Gasteiger partial charge >= 0.3 is 0 Å². The second-order valence-electron chi connectivity index (χ2n) is 8.21. The molecular weight excluding hydrogens is 440 g/mol. The lowest BCUT2D eigenvalue weighted by molar-refractivity contribution is 0.0954. The zero-order valence-electron chi connectivity index (χ0n) is 19.7. The number of ketones is 1. The van der Waals surface area contributed by atoms with Crippen molar-refractivity contribution >= 4 is 34.5 Å². The Hall–Kier alpha value is -4.59. The molecule has 0 saturated heterocycles. The first-order valence-electron chi connectivity index (χ1n) is 11.3. The van der Waals surface area contributed by atoms with Crippen LogP contribution in [0.4, 0.5) is 0 Å². The predicted molar refractivity (Wildman–Crippen MR) is 135 cm³/mol. The molecule has 0 atom stereocenters. The van der Waals surface area contributed by atoms with Gasteiger partial charge in [-0.25, -0.2) is 10.4 Å². The molecule has 5 aromatic rings. The number of imidazole rings is 1. The van der Waals surface area contributed by atoms with E-state index in [0.717, 1.165) is 40.0 Å². The van der Waals surface area contributed by atoms with Crippen molar-refractivity contribution in [2.45, 2.75) is 27.3 Å². The van der Waals surface area contributed by atoms with Crippen molar-refractivity contribution in [1.29, 1.82) is 0 Å². The number of carbonyl (C=O) groups excluding carboxylic acids is 2. The van der Waals surface area contributed by atoms with E-state index in [-0.39, 0.29) is 11.7 Å². The maximum atomic E-state index is 13.2. The summed E-state index contributed by atoms with van der Waals surface area (Å²) in [5, 5.41) is 4.21. The Labute approximate surface area is 201 Å². The van der Waals surface area contributed by atoms with E-state index in [0.29, 0.717) is 16.8 Å². The van der Waals surface area contributed by atoms with Crippen molar-refractivity contribution in [2.75, 3.05) is 0 Å². The average Bonchev–Trinajstić information content (AvgIpc) is 3.35. The number of hydrogen-bond donors (Lipinski definition) is 1. The van der Waals surface area contributed by atoms with Crippen molar-refractivity contribution in [1.82, 2.24) is 24.4 Å². The van der Waals surface area contributed by atoms with E-state index in [1.165, 1.54) is 0 Å². The lowest BCUT2D eigenvalue weighted by atomic mass is 10.1. The minimum Gasteiger partial charge on any atom is -0.329 e. The molecule has 0 bridgehead atoms. The van der Waals surface area contributed by atoms with Crippen LogP contribution in [0.2, 0.25) is 0 Å². The third-order valence-corrected chi connectivity index (χ3v) is 6.17. The van der Waals surface area contributed by atoms with Crippen LogP contribution >= 0.6 is 0 Å². The van der Waals surface area contributed by atoms with E-state index in [2.05, 4.69) is 32.0 Å².